The second kappa shape index (κ2) is 7.76. The number of phenols is 2. The molecule has 3 rings (SSSR count). The van der Waals surface area contributed by atoms with Gasteiger partial charge >= 0.3 is 0 Å². The van der Waals surface area contributed by atoms with Crippen LogP contribution < -0.4 is 0 Å². The molecule has 0 amide bonds. The van der Waals surface area contributed by atoms with Crippen LogP contribution in [0.25, 0.3) is 0 Å². The normalized spacial score (nSPS) is 11.1. The summed E-state index contributed by atoms with van der Waals surface area (Å²) >= 11 is 6.02. The molecule has 0 radical (unpaired) electrons. The Morgan fingerprint density at radius 2 is 1.21 bits per heavy atom. The van der Waals surface area contributed by atoms with Gasteiger partial charge in [0.15, 0.2) is 0 Å². The van der Waals surface area contributed by atoms with Gasteiger partial charge in [0.1, 0.15) is 16.5 Å². The second-order valence-electron chi connectivity index (χ2n) is 7.41. The van der Waals surface area contributed by atoms with Crippen molar-refractivity contribution in [3.05, 3.63) is 96.5 Å². The summed E-state index contributed by atoms with van der Waals surface area (Å²) in [5, 5.41) is 31.9. The standard InChI is InChI=1S/C23H22ClNO4/c1-12-7-17(8-13(2)22(12)26)21(18-9-14(3)23(27)15(4)10-18)16-5-6-19(24)20(11-16)25(28)29/h5-11,21,26-27H,1-4H3. The fraction of sp³-hybridized carbons (Fsp3) is 0.217. The highest BCUT2D eigenvalue weighted by molar-refractivity contribution is 6.32. The third-order valence-corrected chi connectivity index (χ3v) is 5.51. The van der Waals surface area contributed by atoms with Crippen LogP contribution in [0.2, 0.25) is 5.02 Å². The van der Waals surface area contributed by atoms with E-state index in [-0.39, 0.29) is 28.1 Å². The summed E-state index contributed by atoms with van der Waals surface area (Å²) < 4.78 is 0. The van der Waals surface area contributed by atoms with Gasteiger partial charge < -0.3 is 10.2 Å². The molecule has 0 bridgehead atoms. The molecule has 3 aromatic carbocycles. The molecular weight excluding hydrogens is 390 g/mol. The lowest BCUT2D eigenvalue weighted by Gasteiger charge is -2.22. The van der Waals surface area contributed by atoms with Gasteiger partial charge in [0, 0.05) is 12.0 Å². The van der Waals surface area contributed by atoms with E-state index in [9.17, 15) is 20.3 Å². The Labute approximate surface area is 174 Å². The largest absolute Gasteiger partial charge is 0.507 e. The van der Waals surface area contributed by atoms with Crippen LogP contribution in [0, 0.1) is 37.8 Å². The molecule has 0 saturated carbocycles. The lowest BCUT2D eigenvalue weighted by atomic mass is 9.82. The summed E-state index contributed by atoms with van der Waals surface area (Å²) in [5.74, 6) is 0.127. The Kier molecular flexibility index (Phi) is 5.53. The number of nitro benzene ring substituents is 1. The molecule has 0 aliphatic heterocycles. The lowest BCUT2D eigenvalue weighted by molar-refractivity contribution is -0.384. The van der Waals surface area contributed by atoms with Crippen molar-refractivity contribution >= 4 is 17.3 Å². The third-order valence-electron chi connectivity index (χ3n) is 5.19. The summed E-state index contributed by atoms with van der Waals surface area (Å²) in [7, 11) is 0. The first-order chi connectivity index (χ1) is 13.6. The Balaban J connectivity index is 2.31. The van der Waals surface area contributed by atoms with Crippen molar-refractivity contribution in [2.45, 2.75) is 33.6 Å². The maximum absolute atomic E-state index is 11.4. The van der Waals surface area contributed by atoms with E-state index in [1.165, 1.54) is 12.1 Å². The maximum Gasteiger partial charge on any atom is 0.288 e. The molecule has 2 N–H and O–H groups in total. The van der Waals surface area contributed by atoms with Crippen LogP contribution in [-0.4, -0.2) is 15.1 Å². The van der Waals surface area contributed by atoms with Gasteiger partial charge in [-0.3, -0.25) is 10.1 Å². The number of nitrogens with zero attached hydrogens (tertiary/aromatic N) is 1. The van der Waals surface area contributed by atoms with E-state index >= 15 is 0 Å². The Morgan fingerprint density at radius 1 is 0.793 bits per heavy atom. The maximum atomic E-state index is 11.4. The molecule has 0 spiro atoms. The summed E-state index contributed by atoms with van der Waals surface area (Å²) in [6.45, 7) is 7.28. The second-order valence-corrected chi connectivity index (χ2v) is 7.81. The number of hydrogen-bond donors (Lipinski definition) is 2. The number of halogens is 1. The lowest BCUT2D eigenvalue weighted by Crippen LogP contribution is -2.06. The molecule has 29 heavy (non-hydrogen) atoms. The molecule has 0 unspecified atom stereocenters. The molecule has 0 saturated heterocycles. The molecule has 150 valence electrons. The van der Waals surface area contributed by atoms with Gasteiger partial charge in [0.2, 0.25) is 0 Å². The molecule has 0 heterocycles. The highest BCUT2D eigenvalue weighted by Crippen LogP contribution is 2.40. The first-order valence-electron chi connectivity index (χ1n) is 9.14. The third kappa shape index (κ3) is 3.91. The van der Waals surface area contributed by atoms with Crippen molar-refractivity contribution in [3.8, 4) is 11.5 Å². The van der Waals surface area contributed by atoms with Crippen LogP contribution in [0.15, 0.2) is 42.5 Å². The molecule has 0 aliphatic carbocycles. The van der Waals surface area contributed by atoms with Gasteiger partial charge in [-0.05, 0) is 72.7 Å². The van der Waals surface area contributed by atoms with E-state index in [0.29, 0.717) is 5.56 Å². The number of aromatic hydroxyl groups is 2. The van der Waals surface area contributed by atoms with Crippen molar-refractivity contribution in [1.82, 2.24) is 0 Å². The number of hydrogen-bond acceptors (Lipinski definition) is 4. The summed E-state index contributed by atoms with van der Waals surface area (Å²) in [6, 6.07) is 12.3. The smallest absolute Gasteiger partial charge is 0.288 e. The zero-order valence-corrected chi connectivity index (χ0v) is 17.4. The van der Waals surface area contributed by atoms with Gasteiger partial charge in [0.05, 0.1) is 4.92 Å². The van der Waals surface area contributed by atoms with Gasteiger partial charge in [-0.15, -0.1) is 0 Å². The molecule has 0 fully saturated rings. The number of nitro groups is 1. The molecule has 3 aromatic rings. The van der Waals surface area contributed by atoms with E-state index in [2.05, 4.69) is 0 Å². The molecular formula is C23H22ClNO4. The molecule has 5 nitrogen and oxygen atoms in total. The average molecular weight is 412 g/mol. The predicted octanol–water partition coefficient (Wildman–Crippen LogP) is 6.07. The number of rotatable bonds is 4. The summed E-state index contributed by atoms with van der Waals surface area (Å²) in [4.78, 5) is 10.9. The molecule has 0 atom stereocenters. The fourth-order valence-corrected chi connectivity index (χ4v) is 3.93. The van der Waals surface area contributed by atoms with E-state index < -0.39 is 4.92 Å². The van der Waals surface area contributed by atoms with E-state index in [4.69, 9.17) is 11.6 Å². The Hall–Kier alpha value is -3.05. The average Bonchev–Trinajstić information content (AvgIpc) is 2.65. The van der Waals surface area contributed by atoms with Crippen LogP contribution in [-0.2, 0) is 0 Å². The molecule has 0 aromatic heterocycles. The van der Waals surface area contributed by atoms with E-state index in [1.807, 2.05) is 52.0 Å². The quantitative estimate of drug-likeness (QED) is 0.310. The Morgan fingerprint density at radius 3 is 1.59 bits per heavy atom. The predicted molar refractivity (Wildman–Crippen MR) is 114 cm³/mol. The highest BCUT2D eigenvalue weighted by atomic mass is 35.5. The summed E-state index contributed by atoms with van der Waals surface area (Å²) in [5.41, 5.74) is 5.21. The van der Waals surface area contributed by atoms with Crippen molar-refractivity contribution in [2.24, 2.45) is 0 Å². The SMILES string of the molecule is Cc1cc(C(c2cc(C)c(O)c(C)c2)c2ccc(Cl)c([N+](=O)[O-])c2)cc(C)c1O. The minimum Gasteiger partial charge on any atom is -0.507 e. The number of aryl methyl sites for hydroxylation is 4. The van der Waals surface area contributed by atoms with Gasteiger partial charge in [-0.1, -0.05) is 41.9 Å². The van der Waals surface area contributed by atoms with Crippen molar-refractivity contribution in [3.63, 3.8) is 0 Å². The van der Waals surface area contributed by atoms with Crippen LogP contribution in [0.3, 0.4) is 0 Å². The first kappa shape index (κ1) is 20.7. The fourth-order valence-electron chi connectivity index (χ4n) is 3.74. The minimum atomic E-state index is -0.496. The van der Waals surface area contributed by atoms with Gasteiger partial charge in [-0.2, -0.15) is 0 Å². The first-order valence-corrected chi connectivity index (χ1v) is 9.52. The van der Waals surface area contributed by atoms with Crippen LogP contribution in [0.5, 0.6) is 11.5 Å². The molecule has 6 heteroatoms. The zero-order chi connectivity index (χ0) is 21.5. The van der Waals surface area contributed by atoms with Crippen LogP contribution in [0.1, 0.15) is 44.9 Å². The highest BCUT2D eigenvalue weighted by Gasteiger charge is 2.23. The van der Waals surface area contributed by atoms with Gasteiger partial charge in [0.25, 0.3) is 5.69 Å². The Bertz CT molecular complexity index is 1020. The van der Waals surface area contributed by atoms with Crippen molar-refractivity contribution in [1.29, 1.82) is 0 Å². The summed E-state index contributed by atoms with van der Waals surface area (Å²) in [6.07, 6.45) is 0. The van der Waals surface area contributed by atoms with E-state index in [1.54, 1.807) is 6.07 Å². The van der Waals surface area contributed by atoms with Crippen LogP contribution in [0.4, 0.5) is 5.69 Å². The van der Waals surface area contributed by atoms with Crippen molar-refractivity contribution in [2.75, 3.05) is 0 Å². The monoisotopic (exact) mass is 411 g/mol. The van der Waals surface area contributed by atoms with Crippen molar-refractivity contribution < 1.29 is 15.1 Å². The topological polar surface area (TPSA) is 83.6 Å². The number of benzene rings is 3. The van der Waals surface area contributed by atoms with Gasteiger partial charge in [-0.25, -0.2) is 0 Å². The molecule has 0 aliphatic rings. The number of phenolic OH excluding ortho intramolecular Hbond substituents is 2. The van der Waals surface area contributed by atoms with Crippen LogP contribution >= 0.6 is 11.6 Å². The minimum absolute atomic E-state index is 0.0774. The zero-order valence-electron chi connectivity index (χ0n) is 16.7. The van der Waals surface area contributed by atoms with E-state index in [0.717, 1.165) is 33.4 Å².